The molecule has 1 N–H and O–H groups in total. The lowest BCUT2D eigenvalue weighted by Gasteiger charge is -2.08. The zero-order valence-corrected chi connectivity index (χ0v) is 11.7. The van der Waals surface area contributed by atoms with E-state index in [2.05, 4.69) is 10.3 Å². The van der Waals surface area contributed by atoms with Crippen molar-refractivity contribution < 1.29 is 4.39 Å². The lowest BCUT2D eigenvalue weighted by atomic mass is 10.3. The molecule has 0 fully saturated rings. The summed E-state index contributed by atoms with van der Waals surface area (Å²) in [6.45, 7) is 2.57. The van der Waals surface area contributed by atoms with Gasteiger partial charge in [-0.05, 0) is 25.1 Å². The van der Waals surface area contributed by atoms with Gasteiger partial charge in [0.1, 0.15) is 5.82 Å². The van der Waals surface area contributed by atoms with E-state index in [0.717, 1.165) is 16.3 Å². The maximum Gasteiger partial charge on any atom is 0.194 e. The van der Waals surface area contributed by atoms with Crippen molar-refractivity contribution in [1.82, 2.24) is 9.38 Å². The minimum atomic E-state index is -0.337. The fraction of sp³-hybridized carbons (Fsp3) is 0.154. The first-order valence-corrected chi connectivity index (χ1v) is 7.01. The molecule has 1 aromatic carbocycles. The van der Waals surface area contributed by atoms with Gasteiger partial charge in [0.25, 0.3) is 0 Å². The lowest BCUT2D eigenvalue weighted by molar-refractivity contribution is 0.628. The van der Waals surface area contributed by atoms with Gasteiger partial charge in [-0.15, -0.1) is 11.3 Å². The highest BCUT2D eigenvalue weighted by Gasteiger charge is 2.10. The van der Waals surface area contributed by atoms with Crippen LogP contribution in [0.5, 0.6) is 0 Å². The highest BCUT2D eigenvalue weighted by Crippen LogP contribution is 2.24. The number of halogens is 2. The molecule has 0 aliphatic rings. The van der Waals surface area contributed by atoms with Crippen LogP contribution < -0.4 is 5.32 Å². The van der Waals surface area contributed by atoms with Crippen molar-refractivity contribution in [2.24, 2.45) is 0 Å². The van der Waals surface area contributed by atoms with E-state index in [-0.39, 0.29) is 5.82 Å². The number of imidazole rings is 1. The van der Waals surface area contributed by atoms with Crippen molar-refractivity contribution in [2.45, 2.75) is 13.5 Å². The largest absolute Gasteiger partial charge is 0.378 e. The molecule has 6 heteroatoms. The van der Waals surface area contributed by atoms with E-state index in [1.165, 1.54) is 12.1 Å². The summed E-state index contributed by atoms with van der Waals surface area (Å²) in [6.07, 6.45) is 1.99. The van der Waals surface area contributed by atoms with Crippen LogP contribution >= 0.6 is 22.9 Å². The Morgan fingerprint density at radius 3 is 3.11 bits per heavy atom. The van der Waals surface area contributed by atoms with E-state index in [9.17, 15) is 4.39 Å². The lowest BCUT2D eigenvalue weighted by Crippen LogP contribution is -2.04. The maximum atomic E-state index is 13.0. The van der Waals surface area contributed by atoms with Crippen LogP contribution in [-0.4, -0.2) is 9.38 Å². The third-order valence-corrected chi connectivity index (χ3v) is 4.01. The third kappa shape index (κ3) is 2.31. The Labute approximate surface area is 118 Å². The van der Waals surface area contributed by atoms with Crippen molar-refractivity contribution in [2.75, 3.05) is 5.32 Å². The van der Waals surface area contributed by atoms with Gasteiger partial charge in [0.2, 0.25) is 0 Å². The van der Waals surface area contributed by atoms with Crippen LogP contribution in [0.3, 0.4) is 0 Å². The summed E-state index contributed by atoms with van der Waals surface area (Å²) in [7, 11) is 0. The van der Waals surface area contributed by atoms with E-state index in [0.29, 0.717) is 17.3 Å². The van der Waals surface area contributed by atoms with Gasteiger partial charge in [-0.2, -0.15) is 0 Å². The summed E-state index contributed by atoms with van der Waals surface area (Å²) in [5, 5.41) is 5.59. The van der Waals surface area contributed by atoms with Crippen LogP contribution in [0.4, 0.5) is 10.1 Å². The number of aromatic nitrogens is 2. The van der Waals surface area contributed by atoms with Crippen LogP contribution in [0, 0.1) is 12.7 Å². The van der Waals surface area contributed by atoms with Gasteiger partial charge in [-0.25, -0.2) is 9.37 Å². The Hall–Kier alpha value is -1.59. The molecule has 0 saturated heterocycles. The Morgan fingerprint density at radius 2 is 2.32 bits per heavy atom. The Bertz CT molecular complexity index is 735. The van der Waals surface area contributed by atoms with Crippen LogP contribution in [0.1, 0.15) is 11.4 Å². The number of rotatable bonds is 3. The smallest absolute Gasteiger partial charge is 0.194 e. The number of hydrogen-bond donors (Lipinski definition) is 1. The fourth-order valence-electron chi connectivity index (χ4n) is 1.97. The average molecular weight is 296 g/mol. The molecule has 0 radical (unpaired) electrons. The number of hydrogen-bond acceptors (Lipinski definition) is 3. The average Bonchev–Trinajstić information content (AvgIpc) is 2.90. The van der Waals surface area contributed by atoms with Crippen molar-refractivity contribution in [3.05, 3.63) is 52.0 Å². The zero-order valence-electron chi connectivity index (χ0n) is 10.2. The fourth-order valence-corrected chi connectivity index (χ4v) is 2.98. The van der Waals surface area contributed by atoms with Crippen molar-refractivity contribution in [1.29, 1.82) is 0 Å². The standard InChI is InChI=1S/C13H11ClFN3S/c1-8-12(18-4-5-19-13(18)17-8)7-16-11-3-2-9(15)6-10(11)14/h2-6,16H,7H2,1H3. The molecule has 0 aliphatic heterocycles. The molecule has 3 aromatic rings. The van der Waals surface area contributed by atoms with Gasteiger partial charge in [-0.1, -0.05) is 11.6 Å². The molecular formula is C13H11ClFN3S. The number of benzene rings is 1. The van der Waals surface area contributed by atoms with Gasteiger partial charge in [0.05, 0.1) is 28.6 Å². The van der Waals surface area contributed by atoms with Gasteiger partial charge in [0, 0.05) is 11.6 Å². The molecule has 98 valence electrons. The molecule has 19 heavy (non-hydrogen) atoms. The second-order valence-corrected chi connectivity index (χ2v) is 5.46. The van der Waals surface area contributed by atoms with Crippen molar-refractivity contribution in [3.8, 4) is 0 Å². The molecule has 0 bridgehead atoms. The molecular weight excluding hydrogens is 285 g/mol. The van der Waals surface area contributed by atoms with Gasteiger partial charge in [0.15, 0.2) is 4.96 Å². The summed E-state index contributed by atoms with van der Waals surface area (Å²) in [5.41, 5.74) is 2.78. The van der Waals surface area contributed by atoms with Crippen LogP contribution in [0.2, 0.25) is 5.02 Å². The molecule has 2 heterocycles. The topological polar surface area (TPSA) is 29.3 Å². The normalized spacial score (nSPS) is 11.1. The molecule has 3 nitrogen and oxygen atoms in total. The summed E-state index contributed by atoms with van der Waals surface area (Å²) in [5.74, 6) is -0.337. The molecule has 0 aliphatic carbocycles. The van der Waals surface area contributed by atoms with Gasteiger partial charge >= 0.3 is 0 Å². The van der Waals surface area contributed by atoms with E-state index >= 15 is 0 Å². The highest BCUT2D eigenvalue weighted by atomic mass is 35.5. The van der Waals surface area contributed by atoms with Gasteiger partial charge < -0.3 is 5.32 Å². The Morgan fingerprint density at radius 1 is 1.47 bits per heavy atom. The first-order chi connectivity index (χ1) is 9.15. The van der Waals surface area contributed by atoms with Crippen LogP contribution in [0.15, 0.2) is 29.8 Å². The van der Waals surface area contributed by atoms with E-state index in [1.54, 1.807) is 17.4 Å². The van der Waals surface area contributed by atoms with Crippen LogP contribution in [0.25, 0.3) is 4.96 Å². The first kappa shape index (κ1) is 12.4. The van der Waals surface area contributed by atoms with E-state index in [4.69, 9.17) is 11.6 Å². The Balaban J connectivity index is 1.85. The summed E-state index contributed by atoms with van der Waals surface area (Å²) >= 11 is 7.58. The minimum absolute atomic E-state index is 0.337. The Kier molecular flexibility index (Phi) is 3.16. The summed E-state index contributed by atoms with van der Waals surface area (Å²) < 4.78 is 15.0. The maximum absolute atomic E-state index is 13.0. The number of thiazole rings is 1. The van der Waals surface area contributed by atoms with Gasteiger partial charge in [-0.3, -0.25) is 4.40 Å². The second kappa shape index (κ2) is 4.83. The second-order valence-electron chi connectivity index (χ2n) is 4.18. The first-order valence-electron chi connectivity index (χ1n) is 5.75. The SMILES string of the molecule is Cc1nc2sccn2c1CNc1ccc(F)cc1Cl. The number of anilines is 1. The molecule has 3 rings (SSSR count). The minimum Gasteiger partial charge on any atom is -0.378 e. The van der Waals surface area contributed by atoms with Crippen LogP contribution in [-0.2, 0) is 6.54 Å². The van der Waals surface area contributed by atoms with E-state index in [1.807, 2.05) is 22.9 Å². The monoisotopic (exact) mass is 295 g/mol. The third-order valence-electron chi connectivity index (χ3n) is 2.94. The number of aryl methyl sites for hydroxylation is 1. The van der Waals surface area contributed by atoms with Crippen molar-refractivity contribution in [3.63, 3.8) is 0 Å². The quantitative estimate of drug-likeness (QED) is 0.788. The molecule has 0 spiro atoms. The number of fused-ring (bicyclic) bond motifs is 1. The van der Waals surface area contributed by atoms with Crippen molar-refractivity contribution >= 4 is 33.6 Å². The molecule has 0 saturated carbocycles. The molecule has 0 atom stereocenters. The number of nitrogens with zero attached hydrogens (tertiary/aromatic N) is 2. The molecule has 2 aromatic heterocycles. The highest BCUT2D eigenvalue weighted by molar-refractivity contribution is 7.15. The molecule has 0 unspecified atom stereocenters. The summed E-state index contributed by atoms with van der Waals surface area (Å²) in [4.78, 5) is 5.44. The predicted octanol–water partition coefficient (Wildman–Crippen LogP) is 4.11. The zero-order chi connectivity index (χ0) is 13.4. The summed E-state index contributed by atoms with van der Waals surface area (Å²) in [6, 6.07) is 4.32. The predicted molar refractivity (Wildman–Crippen MR) is 76.5 cm³/mol. The van der Waals surface area contributed by atoms with E-state index < -0.39 is 0 Å². The molecule has 0 amide bonds. The number of nitrogens with one attached hydrogen (secondary N) is 1.